The fourth-order valence-electron chi connectivity index (χ4n) is 2.78. The van der Waals surface area contributed by atoms with E-state index >= 15 is 0 Å². The minimum atomic E-state index is 0.481. The molecule has 136 valence electrons. The van der Waals surface area contributed by atoms with Gasteiger partial charge in [-0.15, -0.1) is 5.10 Å². The highest BCUT2D eigenvalue weighted by Gasteiger charge is 2.12. The number of hydrogen-bond donors (Lipinski definition) is 0. The van der Waals surface area contributed by atoms with E-state index in [9.17, 15) is 0 Å². The highest BCUT2D eigenvalue weighted by Crippen LogP contribution is 2.15. The van der Waals surface area contributed by atoms with Crippen LogP contribution in [0.1, 0.15) is 11.3 Å². The first-order valence-electron chi connectivity index (χ1n) is 8.35. The molecule has 0 bridgehead atoms. The van der Waals surface area contributed by atoms with Crippen molar-refractivity contribution >= 4 is 34.8 Å². The molecule has 0 radical (unpaired) electrons. The van der Waals surface area contributed by atoms with Crippen molar-refractivity contribution in [3.05, 3.63) is 76.6 Å². The summed E-state index contributed by atoms with van der Waals surface area (Å²) in [6.45, 7) is 2.67. The van der Waals surface area contributed by atoms with Crippen LogP contribution in [0, 0.1) is 6.92 Å². The molecule has 27 heavy (non-hydrogen) atoms. The van der Waals surface area contributed by atoms with Crippen LogP contribution in [0.15, 0.2) is 64.9 Å². The number of rotatable bonds is 4. The van der Waals surface area contributed by atoms with Crippen LogP contribution >= 0.6 is 23.4 Å². The van der Waals surface area contributed by atoms with Gasteiger partial charge in [0.25, 0.3) is 0 Å². The van der Waals surface area contributed by atoms with Gasteiger partial charge < -0.3 is 4.57 Å². The fraction of sp³-hybridized carbons (Fsp3) is 0.158. The third-order valence-electron chi connectivity index (χ3n) is 4.10. The molecule has 0 spiro atoms. The van der Waals surface area contributed by atoms with Gasteiger partial charge in [-0.25, -0.2) is 9.98 Å². The summed E-state index contributed by atoms with van der Waals surface area (Å²) in [7, 11) is 0. The Morgan fingerprint density at radius 1 is 1.15 bits per heavy atom. The molecular formula is C19H17ClN6S. The normalized spacial score (nSPS) is 12.0. The third kappa shape index (κ3) is 3.74. The lowest BCUT2D eigenvalue weighted by molar-refractivity contribution is 0.721. The number of pyridine rings is 1. The number of fused-ring (bicyclic) bond motifs is 1. The number of benzene rings is 1. The summed E-state index contributed by atoms with van der Waals surface area (Å²) in [4.78, 5) is 13.6. The van der Waals surface area contributed by atoms with E-state index in [-0.39, 0.29) is 0 Å². The van der Waals surface area contributed by atoms with E-state index in [1.807, 2.05) is 55.6 Å². The maximum atomic E-state index is 5.90. The number of aryl methyl sites for hydroxylation is 1. The molecule has 0 aliphatic carbocycles. The van der Waals surface area contributed by atoms with Crippen molar-refractivity contribution in [1.29, 1.82) is 0 Å². The second-order valence-corrected chi connectivity index (χ2v) is 7.14. The number of para-hydroxylation sites is 1. The van der Waals surface area contributed by atoms with Crippen LogP contribution in [0.25, 0.3) is 5.78 Å². The Labute approximate surface area is 165 Å². The summed E-state index contributed by atoms with van der Waals surface area (Å²) in [6.07, 6.45) is 3.74. The Morgan fingerprint density at radius 2 is 1.96 bits per heavy atom. The Hall–Kier alpha value is -2.64. The van der Waals surface area contributed by atoms with Crippen LogP contribution < -0.4 is 5.49 Å². The zero-order valence-corrected chi connectivity index (χ0v) is 16.4. The molecule has 0 unspecified atom stereocenters. The first-order valence-corrected chi connectivity index (χ1v) is 9.96. The zero-order chi connectivity index (χ0) is 18.8. The van der Waals surface area contributed by atoms with E-state index in [0.717, 1.165) is 28.2 Å². The van der Waals surface area contributed by atoms with Crippen LogP contribution in [0.3, 0.4) is 0 Å². The average molecular weight is 397 g/mol. The largest absolute Gasteiger partial charge is 0.310 e. The predicted molar refractivity (Wildman–Crippen MR) is 108 cm³/mol. The topological polar surface area (TPSA) is 60.4 Å². The molecule has 4 aromatic rings. The van der Waals surface area contributed by atoms with E-state index in [1.54, 1.807) is 16.8 Å². The van der Waals surface area contributed by atoms with Gasteiger partial charge in [0.15, 0.2) is 5.49 Å². The molecule has 0 amide bonds. The molecule has 0 fully saturated rings. The second kappa shape index (κ2) is 7.54. The molecule has 3 heterocycles. The molecule has 4 rings (SSSR count). The van der Waals surface area contributed by atoms with Gasteiger partial charge in [0.1, 0.15) is 5.15 Å². The molecule has 1 aromatic carbocycles. The van der Waals surface area contributed by atoms with Gasteiger partial charge in [0.2, 0.25) is 10.9 Å². The van der Waals surface area contributed by atoms with E-state index in [1.165, 1.54) is 11.8 Å². The summed E-state index contributed by atoms with van der Waals surface area (Å²) < 4.78 is 3.89. The minimum absolute atomic E-state index is 0.481. The SMILES string of the molecule is CSc1nc2n(Cc3ccc(Cl)nc3)c(C)c/c(=N\c3ccccc3)n2n1. The summed E-state index contributed by atoms with van der Waals surface area (Å²) in [5.74, 6) is 0.740. The molecule has 0 saturated heterocycles. The lowest BCUT2D eigenvalue weighted by Gasteiger charge is -2.12. The van der Waals surface area contributed by atoms with Gasteiger partial charge in [-0.1, -0.05) is 47.6 Å². The van der Waals surface area contributed by atoms with E-state index < -0.39 is 0 Å². The quantitative estimate of drug-likeness (QED) is 0.388. The van der Waals surface area contributed by atoms with Crippen molar-refractivity contribution < 1.29 is 0 Å². The van der Waals surface area contributed by atoms with Gasteiger partial charge in [-0.3, -0.25) is 0 Å². The standard InChI is InChI=1S/C19H17ClN6S/c1-13-10-17(22-15-6-4-3-5-7-15)26-19(23-18(24-26)27-2)25(13)12-14-8-9-16(20)21-11-14/h3-11H,12H2,1-2H3/b22-17+. The molecule has 0 N–H and O–H groups in total. The Morgan fingerprint density at radius 3 is 2.67 bits per heavy atom. The van der Waals surface area contributed by atoms with Crippen molar-refractivity contribution in [2.45, 2.75) is 18.6 Å². The molecule has 0 saturated carbocycles. The number of halogens is 1. The molecule has 3 aromatic heterocycles. The Kier molecular flexibility index (Phi) is 4.96. The molecule has 6 nitrogen and oxygen atoms in total. The highest BCUT2D eigenvalue weighted by molar-refractivity contribution is 7.98. The number of aromatic nitrogens is 5. The van der Waals surface area contributed by atoms with Gasteiger partial charge in [0.05, 0.1) is 12.2 Å². The summed E-state index contributed by atoms with van der Waals surface area (Å²) >= 11 is 7.41. The van der Waals surface area contributed by atoms with Gasteiger partial charge in [0, 0.05) is 18.0 Å². The molecule has 8 heteroatoms. The molecule has 0 aliphatic heterocycles. The van der Waals surface area contributed by atoms with Crippen LogP contribution in [0.5, 0.6) is 0 Å². The molecule has 0 aliphatic rings. The predicted octanol–water partition coefficient (Wildman–Crippen LogP) is 3.89. The second-order valence-electron chi connectivity index (χ2n) is 5.98. The van der Waals surface area contributed by atoms with Crippen LogP contribution in [0.4, 0.5) is 5.69 Å². The monoisotopic (exact) mass is 396 g/mol. The number of thioether (sulfide) groups is 1. The minimum Gasteiger partial charge on any atom is -0.310 e. The third-order valence-corrected chi connectivity index (χ3v) is 4.87. The van der Waals surface area contributed by atoms with Gasteiger partial charge in [-0.2, -0.15) is 9.50 Å². The summed E-state index contributed by atoms with van der Waals surface area (Å²) in [5.41, 5.74) is 3.69. The van der Waals surface area contributed by atoms with Gasteiger partial charge in [-0.05, 0) is 36.9 Å². The lowest BCUT2D eigenvalue weighted by Crippen LogP contribution is -2.22. The Balaban J connectivity index is 1.89. The van der Waals surface area contributed by atoms with Crippen LogP contribution in [-0.4, -0.2) is 30.4 Å². The summed E-state index contributed by atoms with van der Waals surface area (Å²) in [6, 6.07) is 15.6. The first kappa shape index (κ1) is 17.8. The fourth-order valence-corrected chi connectivity index (χ4v) is 3.22. The zero-order valence-electron chi connectivity index (χ0n) is 14.9. The first-order chi connectivity index (χ1) is 13.1. The highest BCUT2D eigenvalue weighted by atomic mass is 35.5. The van der Waals surface area contributed by atoms with E-state index in [4.69, 9.17) is 16.6 Å². The average Bonchev–Trinajstić information content (AvgIpc) is 3.12. The molecule has 0 atom stereocenters. The molecular weight excluding hydrogens is 380 g/mol. The van der Waals surface area contributed by atoms with Crippen molar-refractivity contribution in [2.24, 2.45) is 4.99 Å². The van der Waals surface area contributed by atoms with Crippen molar-refractivity contribution in [2.75, 3.05) is 6.26 Å². The summed E-state index contributed by atoms with van der Waals surface area (Å²) in [5, 5.41) is 5.79. The van der Waals surface area contributed by atoms with E-state index in [0.29, 0.717) is 16.9 Å². The number of nitrogens with zero attached hydrogens (tertiary/aromatic N) is 6. The smallest absolute Gasteiger partial charge is 0.235 e. The van der Waals surface area contributed by atoms with Crippen LogP contribution in [0.2, 0.25) is 5.15 Å². The van der Waals surface area contributed by atoms with Crippen molar-refractivity contribution in [3.8, 4) is 0 Å². The number of hydrogen-bond acceptors (Lipinski definition) is 5. The lowest BCUT2D eigenvalue weighted by atomic mass is 10.2. The maximum absolute atomic E-state index is 5.90. The maximum Gasteiger partial charge on any atom is 0.235 e. The van der Waals surface area contributed by atoms with Gasteiger partial charge >= 0.3 is 0 Å². The van der Waals surface area contributed by atoms with Crippen molar-refractivity contribution in [1.82, 2.24) is 24.1 Å². The van der Waals surface area contributed by atoms with Crippen LogP contribution in [-0.2, 0) is 6.54 Å². The Bertz CT molecular complexity index is 1150. The van der Waals surface area contributed by atoms with Crippen molar-refractivity contribution in [3.63, 3.8) is 0 Å². The van der Waals surface area contributed by atoms with E-state index in [2.05, 4.69) is 19.6 Å².